The lowest BCUT2D eigenvalue weighted by Gasteiger charge is -2.01. The zero-order valence-corrected chi connectivity index (χ0v) is 15.0. The molecule has 0 bridgehead atoms. The van der Waals surface area contributed by atoms with Gasteiger partial charge in [0.2, 0.25) is 0 Å². The lowest BCUT2D eigenvalue weighted by Crippen LogP contribution is -1.97. The molecule has 1 nitrogen and oxygen atoms in total. The molecule has 17 heavy (non-hydrogen) atoms. The number of unbranched alkanes of at least 4 members (excludes halogenated alkanes) is 11. The molecule has 2 N–H and O–H groups in total. The number of nitrogens with two attached hydrogens (primary N) is 1. The molecular weight excluding hydrogens is 244 g/mol. The molecule has 0 radical (unpaired) electrons. The Balaban J connectivity index is -0.000000980. The zero-order chi connectivity index (χ0) is 11.2. The predicted molar refractivity (Wildman–Crippen MR) is 92.3 cm³/mol. The first-order valence-electron chi connectivity index (χ1n) is 7.12. The summed E-state index contributed by atoms with van der Waals surface area (Å²) < 4.78 is 0. The fraction of sp³-hybridized carbons (Fsp3) is 1.00. The number of hydrogen-bond acceptors (Lipinski definition) is 1. The van der Waals surface area contributed by atoms with Crippen LogP contribution in [0, 0.1) is 0 Å². The summed E-state index contributed by atoms with van der Waals surface area (Å²) in [5.41, 5.74) is 5.45. The normalized spacial score (nSPS) is 9.53. The van der Waals surface area contributed by atoms with Crippen molar-refractivity contribution >= 4 is 19.8 Å². The standard InChI is InChI=1S/C14H31N.2H3P/c1-2-3-4-5-6-7-8-9-10-11-12-13-14-15;;/h2-15H2,1H3;2*1H3. The molecule has 2 unspecified atom stereocenters. The van der Waals surface area contributed by atoms with Crippen molar-refractivity contribution in [3.63, 3.8) is 0 Å². The number of hydrogen-bond donors (Lipinski definition) is 1. The van der Waals surface area contributed by atoms with E-state index in [1.54, 1.807) is 0 Å². The average Bonchev–Trinajstić information content (AvgIpc) is 2.26. The van der Waals surface area contributed by atoms with Crippen LogP contribution in [-0.4, -0.2) is 6.54 Å². The summed E-state index contributed by atoms with van der Waals surface area (Å²) in [5, 5.41) is 0. The first-order chi connectivity index (χ1) is 7.41. The highest BCUT2D eigenvalue weighted by molar-refractivity contribution is 6.92. The maximum atomic E-state index is 5.45. The molecule has 0 aromatic carbocycles. The Kier molecular flexibility index (Phi) is 29.8. The summed E-state index contributed by atoms with van der Waals surface area (Å²) >= 11 is 0. The molecule has 0 aliphatic carbocycles. The molecule has 0 amide bonds. The number of rotatable bonds is 12. The molecular formula is C14H37NP2. The molecule has 3 heteroatoms. The molecule has 0 saturated carbocycles. The molecule has 0 spiro atoms. The molecule has 0 rings (SSSR count). The highest BCUT2D eigenvalue weighted by Gasteiger charge is 1.92. The summed E-state index contributed by atoms with van der Waals surface area (Å²) in [7, 11) is 0. The molecule has 0 aliphatic heterocycles. The van der Waals surface area contributed by atoms with E-state index in [2.05, 4.69) is 6.92 Å². The van der Waals surface area contributed by atoms with Gasteiger partial charge in [-0.25, -0.2) is 0 Å². The minimum Gasteiger partial charge on any atom is -0.330 e. The van der Waals surface area contributed by atoms with Gasteiger partial charge in [0.1, 0.15) is 0 Å². The van der Waals surface area contributed by atoms with Crippen molar-refractivity contribution in [1.29, 1.82) is 0 Å². The Bertz CT molecular complexity index is 98.4. The Labute approximate surface area is 116 Å². The van der Waals surface area contributed by atoms with Gasteiger partial charge in [0.25, 0.3) is 0 Å². The summed E-state index contributed by atoms with van der Waals surface area (Å²) in [6.45, 7) is 3.15. The van der Waals surface area contributed by atoms with Crippen LogP contribution in [0.25, 0.3) is 0 Å². The second kappa shape index (κ2) is 22.0. The smallest absolute Gasteiger partial charge is 0.00773 e. The first kappa shape index (κ1) is 23.0. The molecule has 2 atom stereocenters. The quantitative estimate of drug-likeness (QED) is 0.405. The van der Waals surface area contributed by atoms with Crippen LogP contribution >= 0.6 is 19.8 Å². The largest absolute Gasteiger partial charge is 0.330 e. The highest BCUT2D eigenvalue weighted by atomic mass is 31.0. The van der Waals surface area contributed by atoms with Crippen LogP contribution in [0.3, 0.4) is 0 Å². The zero-order valence-electron chi connectivity index (χ0n) is 12.2. The van der Waals surface area contributed by atoms with Crippen LogP contribution < -0.4 is 5.73 Å². The van der Waals surface area contributed by atoms with E-state index >= 15 is 0 Å². The van der Waals surface area contributed by atoms with Crippen molar-refractivity contribution in [2.24, 2.45) is 5.73 Å². The van der Waals surface area contributed by atoms with Crippen molar-refractivity contribution in [1.82, 2.24) is 0 Å². The van der Waals surface area contributed by atoms with Crippen LogP contribution in [0.1, 0.15) is 84.0 Å². The second-order valence-corrected chi connectivity index (χ2v) is 4.68. The summed E-state index contributed by atoms with van der Waals surface area (Å²) in [5.74, 6) is 0. The van der Waals surface area contributed by atoms with Gasteiger partial charge >= 0.3 is 0 Å². The topological polar surface area (TPSA) is 26.0 Å². The van der Waals surface area contributed by atoms with Crippen LogP contribution in [0.2, 0.25) is 0 Å². The van der Waals surface area contributed by atoms with Gasteiger partial charge in [0, 0.05) is 0 Å². The Morgan fingerprint density at radius 3 is 1.12 bits per heavy atom. The van der Waals surface area contributed by atoms with E-state index in [9.17, 15) is 0 Å². The van der Waals surface area contributed by atoms with Gasteiger partial charge in [-0.3, -0.25) is 0 Å². The third kappa shape index (κ3) is 22.5. The maximum absolute atomic E-state index is 5.45. The maximum Gasteiger partial charge on any atom is -0.00773 e. The van der Waals surface area contributed by atoms with Crippen LogP contribution in [0.15, 0.2) is 0 Å². The Morgan fingerprint density at radius 1 is 0.529 bits per heavy atom. The van der Waals surface area contributed by atoms with Crippen LogP contribution in [0.4, 0.5) is 0 Å². The van der Waals surface area contributed by atoms with Gasteiger partial charge in [0.15, 0.2) is 0 Å². The molecule has 0 aliphatic rings. The van der Waals surface area contributed by atoms with E-state index in [-0.39, 0.29) is 19.8 Å². The molecule has 0 aromatic rings. The summed E-state index contributed by atoms with van der Waals surface area (Å²) in [6, 6.07) is 0. The van der Waals surface area contributed by atoms with Crippen molar-refractivity contribution in [2.75, 3.05) is 6.54 Å². The van der Waals surface area contributed by atoms with Gasteiger partial charge in [0.05, 0.1) is 0 Å². The van der Waals surface area contributed by atoms with E-state index in [0.29, 0.717) is 0 Å². The minimum absolute atomic E-state index is 0. The summed E-state index contributed by atoms with van der Waals surface area (Å²) in [4.78, 5) is 0. The second-order valence-electron chi connectivity index (χ2n) is 4.68. The van der Waals surface area contributed by atoms with Crippen LogP contribution in [0.5, 0.6) is 0 Å². The lowest BCUT2D eigenvalue weighted by atomic mass is 10.1. The highest BCUT2D eigenvalue weighted by Crippen LogP contribution is 2.11. The van der Waals surface area contributed by atoms with Crippen molar-refractivity contribution in [3.05, 3.63) is 0 Å². The van der Waals surface area contributed by atoms with Crippen molar-refractivity contribution in [2.45, 2.75) is 84.0 Å². The van der Waals surface area contributed by atoms with Crippen molar-refractivity contribution < 1.29 is 0 Å². The molecule has 0 aromatic heterocycles. The Morgan fingerprint density at radius 2 is 0.824 bits per heavy atom. The third-order valence-corrected chi connectivity index (χ3v) is 3.06. The molecule has 108 valence electrons. The van der Waals surface area contributed by atoms with E-state index in [0.717, 1.165) is 6.54 Å². The molecule has 0 fully saturated rings. The van der Waals surface area contributed by atoms with Gasteiger partial charge in [-0.05, 0) is 13.0 Å². The van der Waals surface area contributed by atoms with Gasteiger partial charge < -0.3 is 5.73 Å². The Hall–Kier alpha value is 0.820. The molecule has 0 heterocycles. The van der Waals surface area contributed by atoms with Gasteiger partial charge in [-0.15, -0.1) is 0 Å². The average molecular weight is 281 g/mol. The van der Waals surface area contributed by atoms with Gasteiger partial charge in [-0.1, -0.05) is 77.6 Å². The van der Waals surface area contributed by atoms with E-state index < -0.39 is 0 Å². The van der Waals surface area contributed by atoms with Gasteiger partial charge in [-0.2, -0.15) is 19.8 Å². The lowest BCUT2D eigenvalue weighted by molar-refractivity contribution is 0.545. The van der Waals surface area contributed by atoms with Crippen LogP contribution in [-0.2, 0) is 0 Å². The van der Waals surface area contributed by atoms with Crippen molar-refractivity contribution in [3.8, 4) is 0 Å². The first-order valence-corrected chi connectivity index (χ1v) is 7.12. The summed E-state index contributed by atoms with van der Waals surface area (Å²) in [6.07, 6.45) is 16.9. The monoisotopic (exact) mass is 281 g/mol. The third-order valence-electron chi connectivity index (χ3n) is 3.06. The fourth-order valence-corrected chi connectivity index (χ4v) is 1.99. The predicted octanol–water partition coefficient (Wildman–Crippen LogP) is 4.76. The molecule has 0 saturated heterocycles. The minimum atomic E-state index is 0. The van der Waals surface area contributed by atoms with E-state index in [4.69, 9.17) is 5.73 Å². The fourth-order valence-electron chi connectivity index (χ4n) is 1.99. The van der Waals surface area contributed by atoms with E-state index in [1.165, 1.54) is 77.0 Å². The van der Waals surface area contributed by atoms with E-state index in [1.807, 2.05) is 0 Å². The SMILES string of the molecule is CCCCCCCCCCCCCCN.P.P.